The van der Waals surface area contributed by atoms with Crippen LogP contribution in [0.2, 0.25) is 0 Å². The lowest BCUT2D eigenvalue weighted by Crippen LogP contribution is -2.60. The Morgan fingerprint density at radius 3 is 2.84 bits per heavy atom. The van der Waals surface area contributed by atoms with Gasteiger partial charge in [0.05, 0.1) is 13.0 Å². The number of esters is 1. The van der Waals surface area contributed by atoms with Gasteiger partial charge < -0.3 is 15.0 Å². The van der Waals surface area contributed by atoms with Crippen molar-refractivity contribution in [3.63, 3.8) is 0 Å². The number of nitrogens with one attached hydrogen (secondary N) is 2. The van der Waals surface area contributed by atoms with E-state index in [9.17, 15) is 14.4 Å². The SMILES string of the molecule is CCCCOC(=O)CC1C(=O)NCCN1C(=S)NC(=O)/C=C/c1cccc2ccccc12. The summed E-state index contributed by atoms with van der Waals surface area (Å²) in [5.74, 6) is -1.18. The Labute approximate surface area is 192 Å². The second-order valence-electron chi connectivity index (χ2n) is 7.47. The fraction of sp³-hybridized carbons (Fsp3) is 0.333. The zero-order valence-electron chi connectivity index (χ0n) is 18.0. The number of piperazine rings is 1. The Bertz CT molecular complexity index is 1030. The van der Waals surface area contributed by atoms with Crippen molar-refractivity contribution in [1.82, 2.24) is 15.5 Å². The van der Waals surface area contributed by atoms with Gasteiger partial charge in [-0.15, -0.1) is 0 Å². The van der Waals surface area contributed by atoms with Gasteiger partial charge in [0.25, 0.3) is 0 Å². The van der Waals surface area contributed by atoms with Crippen molar-refractivity contribution >= 4 is 52.0 Å². The molecule has 0 saturated carbocycles. The number of hydrogen-bond acceptors (Lipinski definition) is 5. The van der Waals surface area contributed by atoms with E-state index < -0.39 is 17.9 Å². The summed E-state index contributed by atoms with van der Waals surface area (Å²) in [6.45, 7) is 3.09. The standard InChI is InChI=1S/C24H27N3O4S/c1-2-3-15-31-22(29)16-20-23(30)25-13-14-27(20)24(32)26-21(28)12-11-18-9-6-8-17-7-4-5-10-19(17)18/h4-12,20H,2-3,13-16H2,1H3,(H,25,30)(H,26,28,32)/b12-11+. The molecule has 2 amide bonds. The van der Waals surface area contributed by atoms with Crippen LogP contribution in [0.15, 0.2) is 48.5 Å². The van der Waals surface area contributed by atoms with Crippen LogP contribution in [-0.4, -0.2) is 53.5 Å². The molecule has 0 spiro atoms. The minimum atomic E-state index is -0.812. The second-order valence-corrected chi connectivity index (χ2v) is 7.86. The van der Waals surface area contributed by atoms with Crippen molar-refractivity contribution in [2.45, 2.75) is 32.2 Å². The number of rotatable bonds is 7. The number of thiocarbonyl (C=S) groups is 1. The molecule has 1 atom stereocenters. The number of ether oxygens (including phenoxy) is 1. The Balaban J connectivity index is 1.63. The van der Waals surface area contributed by atoms with E-state index in [-0.39, 0.29) is 17.4 Å². The monoisotopic (exact) mass is 453 g/mol. The van der Waals surface area contributed by atoms with Crippen LogP contribution in [0.25, 0.3) is 16.8 Å². The van der Waals surface area contributed by atoms with Crippen molar-refractivity contribution in [3.8, 4) is 0 Å². The summed E-state index contributed by atoms with van der Waals surface area (Å²) in [7, 11) is 0. The predicted molar refractivity (Wildman–Crippen MR) is 128 cm³/mol. The Morgan fingerprint density at radius 1 is 1.25 bits per heavy atom. The predicted octanol–water partition coefficient (Wildman–Crippen LogP) is 2.79. The molecule has 2 aromatic carbocycles. The molecular weight excluding hydrogens is 426 g/mol. The summed E-state index contributed by atoms with van der Waals surface area (Å²) in [5, 5.41) is 7.61. The summed E-state index contributed by atoms with van der Waals surface area (Å²) in [6.07, 6.45) is 4.69. The highest BCUT2D eigenvalue weighted by atomic mass is 32.1. The van der Waals surface area contributed by atoms with Crippen molar-refractivity contribution in [3.05, 3.63) is 54.1 Å². The number of amides is 2. The molecule has 168 valence electrons. The van der Waals surface area contributed by atoms with Gasteiger partial charge in [0.1, 0.15) is 6.04 Å². The number of unbranched alkanes of at least 4 members (excludes halogenated alkanes) is 1. The van der Waals surface area contributed by atoms with Gasteiger partial charge in [0, 0.05) is 19.2 Å². The van der Waals surface area contributed by atoms with Crippen LogP contribution < -0.4 is 10.6 Å². The molecule has 1 saturated heterocycles. The summed E-state index contributed by atoms with van der Waals surface area (Å²) >= 11 is 5.38. The maximum Gasteiger partial charge on any atom is 0.308 e. The molecule has 1 unspecified atom stereocenters. The number of fused-ring (bicyclic) bond motifs is 1. The molecule has 1 heterocycles. The molecule has 32 heavy (non-hydrogen) atoms. The van der Waals surface area contributed by atoms with Crippen LogP contribution in [0.3, 0.4) is 0 Å². The summed E-state index contributed by atoms with van der Waals surface area (Å²) in [4.78, 5) is 38.5. The summed E-state index contributed by atoms with van der Waals surface area (Å²) in [6, 6.07) is 13.0. The minimum absolute atomic E-state index is 0.110. The third kappa shape index (κ3) is 6.13. The van der Waals surface area contributed by atoms with Gasteiger partial charge >= 0.3 is 5.97 Å². The van der Waals surface area contributed by atoms with Crippen LogP contribution in [0.4, 0.5) is 0 Å². The lowest BCUT2D eigenvalue weighted by Gasteiger charge is -2.36. The summed E-state index contributed by atoms with van der Waals surface area (Å²) in [5.41, 5.74) is 0.911. The van der Waals surface area contributed by atoms with E-state index in [0.29, 0.717) is 19.7 Å². The highest BCUT2D eigenvalue weighted by Crippen LogP contribution is 2.19. The van der Waals surface area contributed by atoms with Gasteiger partial charge in [-0.05, 0) is 41.1 Å². The van der Waals surface area contributed by atoms with Crippen LogP contribution in [0, 0.1) is 0 Å². The lowest BCUT2D eigenvalue weighted by atomic mass is 10.0. The average Bonchev–Trinajstić information content (AvgIpc) is 2.79. The maximum atomic E-state index is 12.5. The molecule has 2 N–H and O–H groups in total. The number of nitrogens with zero attached hydrogens (tertiary/aromatic N) is 1. The molecule has 8 heteroatoms. The first kappa shape index (κ1) is 23.4. The number of carbonyl (C=O) groups is 3. The van der Waals surface area contributed by atoms with Crippen molar-refractivity contribution < 1.29 is 19.1 Å². The molecule has 0 bridgehead atoms. The topological polar surface area (TPSA) is 87.7 Å². The first-order chi connectivity index (χ1) is 15.5. The molecule has 1 aliphatic heterocycles. The van der Waals surface area contributed by atoms with Crippen molar-refractivity contribution in [1.29, 1.82) is 0 Å². The van der Waals surface area contributed by atoms with Crippen molar-refractivity contribution in [2.75, 3.05) is 19.7 Å². The molecule has 7 nitrogen and oxygen atoms in total. The van der Waals surface area contributed by atoms with Gasteiger partial charge in [-0.2, -0.15) is 0 Å². The zero-order chi connectivity index (χ0) is 22.9. The van der Waals surface area contributed by atoms with E-state index in [4.69, 9.17) is 17.0 Å². The van der Waals surface area contributed by atoms with Gasteiger partial charge in [0.2, 0.25) is 11.8 Å². The molecular formula is C24H27N3O4S. The number of benzene rings is 2. The van der Waals surface area contributed by atoms with E-state index in [1.165, 1.54) is 6.08 Å². The highest BCUT2D eigenvalue weighted by molar-refractivity contribution is 7.80. The van der Waals surface area contributed by atoms with Crippen LogP contribution in [0.1, 0.15) is 31.7 Å². The van der Waals surface area contributed by atoms with Crippen LogP contribution in [-0.2, 0) is 19.1 Å². The van der Waals surface area contributed by atoms with E-state index in [1.54, 1.807) is 11.0 Å². The largest absolute Gasteiger partial charge is 0.466 e. The smallest absolute Gasteiger partial charge is 0.308 e. The Morgan fingerprint density at radius 2 is 2.03 bits per heavy atom. The number of carbonyl (C=O) groups excluding carboxylic acids is 3. The molecule has 0 aromatic heterocycles. The highest BCUT2D eigenvalue weighted by Gasteiger charge is 2.34. The van der Waals surface area contributed by atoms with E-state index in [1.807, 2.05) is 49.4 Å². The van der Waals surface area contributed by atoms with Crippen LogP contribution in [0.5, 0.6) is 0 Å². The normalized spacial score (nSPS) is 16.1. The quantitative estimate of drug-likeness (QED) is 0.290. The molecule has 3 rings (SSSR count). The van der Waals surface area contributed by atoms with Gasteiger partial charge in [0.15, 0.2) is 5.11 Å². The maximum absolute atomic E-state index is 12.5. The van der Waals surface area contributed by atoms with E-state index >= 15 is 0 Å². The van der Waals surface area contributed by atoms with E-state index in [2.05, 4.69) is 10.6 Å². The number of hydrogen-bond donors (Lipinski definition) is 2. The fourth-order valence-corrected chi connectivity index (χ4v) is 3.81. The van der Waals surface area contributed by atoms with E-state index in [0.717, 1.165) is 29.2 Å². The van der Waals surface area contributed by atoms with Crippen LogP contribution >= 0.6 is 12.2 Å². The van der Waals surface area contributed by atoms with Crippen molar-refractivity contribution in [2.24, 2.45) is 0 Å². The van der Waals surface area contributed by atoms with Gasteiger partial charge in [-0.3, -0.25) is 19.7 Å². The molecule has 1 aliphatic rings. The minimum Gasteiger partial charge on any atom is -0.466 e. The Kier molecular flexibility index (Phi) is 8.33. The fourth-order valence-electron chi connectivity index (χ4n) is 3.49. The second kappa shape index (κ2) is 11.4. The first-order valence-electron chi connectivity index (χ1n) is 10.7. The molecule has 0 aliphatic carbocycles. The third-order valence-corrected chi connectivity index (χ3v) is 5.52. The Hall–Kier alpha value is -3.26. The molecule has 2 aromatic rings. The van der Waals surface area contributed by atoms with Gasteiger partial charge in [-0.1, -0.05) is 55.8 Å². The lowest BCUT2D eigenvalue weighted by molar-refractivity contribution is -0.147. The zero-order valence-corrected chi connectivity index (χ0v) is 18.8. The third-order valence-electron chi connectivity index (χ3n) is 5.18. The molecule has 1 fully saturated rings. The summed E-state index contributed by atoms with van der Waals surface area (Å²) < 4.78 is 5.18. The molecule has 0 radical (unpaired) electrons. The first-order valence-corrected chi connectivity index (χ1v) is 11.1. The van der Waals surface area contributed by atoms with Gasteiger partial charge in [-0.25, -0.2) is 0 Å². The average molecular weight is 454 g/mol.